The van der Waals surface area contributed by atoms with Crippen molar-refractivity contribution < 1.29 is 9.59 Å². The molecule has 2 N–H and O–H groups in total. The number of anilines is 1. The number of rotatable bonds is 3. The van der Waals surface area contributed by atoms with Gasteiger partial charge in [0.2, 0.25) is 11.8 Å². The monoisotopic (exact) mass is 427 g/mol. The number of nitrogens with one attached hydrogen (secondary N) is 2. The van der Waals surface area contributed by atoms with E-state index in [9.17, 15) is 9.59 Å². The Morgan fingerprint density at radius 2 is 1.88 bits per heavy atom. The average molecular weight is 429 g/mol. The molecular weight excluding hydrogens is 406 g/mol. The standard InChI is InChI=1S/C18H22BrN3O2.ClH/c19-15-3-1-2-4-16(15)22-10-11(7-17(22)23)18(24)21-14-8-12-5-6-13(9-14)20-12;/h1-4,11-14,20H,5-10H2,(H,21,24);1H. The van der Waals surface area contributed by atoms with Crippen LogP contribution in [0, 0.1) is 5.92 Å². The lowest BCUT2D eigenvalue weighted by molar-refractivity contribution is -0.127. The summed E-state index contributed by atoms with van der Waals surface area (Å²) in [5.41, 5.74) is 0.845. The van der Waals surface area contributed by atoms with Gasteiger partial charge >= 0.3 is 0 Å². The molecule has 3 fully saturated rings. The second-order valence-electron chi connectivity index (χ2n) is 7.17. The number of carbonyl (C=O) groups excluding carboxylic acids is 2. The van der Waals surface area contributed by atoms with Crippen molar-refractivity contribution in [2.45, 2.75) is 50.2 Å². The minimum Gasteiger partial charge on any atom is -0.353 e. The Hall–Kier alpha value is -1.11. The summed E-state index contributed by atoms with van der Waals surface area (Å²) in [6.07, 6.45) is 4.75. The molecule has 2 amide bonds. The van der Waals surface area contributed by atoms with Crippen LogP contribution >= 0.6 is 28.3 Å². The number of carbonyl (C=O) groups is 2. The highest BCUT2D eigenvalue weighted by molar-refractivity contribution is 9.10. The van der Waals surface area contributed by atoms with Gasteiger partial charge in [-0.3, -0.25) is 9.59 Å². The topological polar surface area (TPSA) is 61.4 Å². The van der Waals surface area contributed by atoms with Crippen LogP contribution in [0.1, 0.15) is 32.1 Å². The summed E-state index contributed by atoms with van der Waals surface area (Å²) in [7, 11) is 0. The number of benzene rings is 1. The van der Waals surface area contributed by atoms with Crippen LogP contribution < -0.4 is 15.5 Å². The highest BCUT2D eigenvalue weighted by Crippen LogP contribution is 2.32. The molecule has 5 nitrogen and oxygen atoms in total. The molecule has 3 heterocycles. The van der Waals surface area contributed by atoms with Gasteiger partial charge in [0.05, 0.1) is 11.6 Å². The van der Waals surface area contributed by atoms with Gasteiger partial charge in [-0.2, -0.15) is 0 Å². The first-order chi connectivity index (χ1) is 11.6. The number of para-hydroxylation sites is 1. The van der Waals surface area contributed by atoms with Gasteiger partial charge in [0.15, 0.2) is 0 Å². The highest BCUT2D eigenvalue weighted by atomic mass is 79.9. The predicted molar refractivity (Wildman–Crippen MR) is 103 cm³/mol. The Balaban J connectivity index is 0.00000182. The normalized spacial score (nSPS) is 30.9. The maximum atomic E-state index is 12.6. The second kappa shape index (κ2) is 7.64. The van der Waals surface area contributed by atoms with Crippen molar-refractivity contribution in [1.82, 2.24) is 10.6 Å². The van der Waals surface area contributed by atoms with Gasteiger partial charge in [0, 0.05) is 35.6 Å². The van der Waals surface area contributed by atoms with Gasteiger partial charge in [0.25, 0.3) is 0 Å². The third-order valence-electron chi connectivity index (χ3n) is 5.46. The molecule has 0 aromatic heterocycles. The van der Waals surface area contributed by atoms with Gasteiger partial charge in [-0.1, -0.05) is 12.1 Å². The van der Waals surface area contributed by atoms with E-state index in [1.54, 1.807) is 4.90 Å². The van der Waals surface area contributed by atoms with Crippen molar-refractivity contribution in [3.63, 3.8) is 0 Å². The minimum atomic E-state index is -0.253. The fourth-order valence-electron chi connectivity index (χ4n) is 4.28. The SMILES string of the molecule is Cl.O=C(NC1CC2CCC(C1)N2)C1CC(=O)N(c2ccccc2Br)C1. The van der Waals surface area contributed by atoms with E-state index in [0.29, 0.717) is 25.0 Å². The largest absolute Gasteiger partial charge is 0.353 e. The van der Waals surface area contributed by atoms with E-state index in [2.05, 4.69) is 26.6 Å². The maximum Gasteiger partial charge on any atom is 0.227 e. The smallest absolute Gasteiger partial charge is 0.227 e. The number of nitrogens with zero attached hydrogens (tertiary/aromatic N) is 1. The fraction of sp³-hybridized carbons (Fsp3) is 0.556. The molecule has 2 bridgehead atoms. The van der Waals surface area contributed by atoms with Crippen molar-refractivity contribution in [2.24, 2.45) is 5.92 Å². The molecule has 0 spiro atoms. The third kappa shape index (κ3) is 3.86. The van der Waals surface area contributed by atoms with Crippen LogP contribution in [0.3, 0.4) is 0 Å². The third-order valence-corrected chi connectivity index (χ3v) is 6.13. The van der Waals surface area contributed by atoms with Crippen molar-refractivity contribution in [2.75, 3.05) is 11.4 Å². The van der Waals surface area contributed by atoms with Crippen molar-refractivity contribution in [3.05, 3.63) is 28.7 Å². The Bertz CT molecular complexity index is 659. The van der Waals surface area contributed by atoms with Crippen molar-refractivity contribution in [3.8, 4) is 0 Å². The summed E-state index contributed by atoms with van der Waals surface area (Å²) >= 11 is 3.49. The molecule has 3 aliphatic heterocycles. The summed E-state index contributed by atoms with van der Waals surface area (Å²) in [6.45, 7) is 0.463. The van der Waals surface area contributed by atoms with Crippen LogP contribution in [0.4, 0.5) is 5.69 Å². The number of amides is 2. The molecule has 136 valence electrons. The molecule has 1 aromatic carbocycles. The first-order valence-electron chi connectivity index (χ1n) is 8.71. The molecule has 25 heavy (non-hydrogen) atoms. The number of fused-ring (bicyclic) bond motifs is 2. The van der Waals surface area contributed by atoms with E-state index in [-0.39, 0.29) is 36.2 Å². The van der Waals surface area contributed by atoms with Crippen LogP contribution in [0.5, 0.6) is 0 Å². The molecule has 3 saturated heterocycles. The van der Waals surface area contributed by atoms with Crippen molar-refractivity contribution in [1.29, 1.82) is 0 Å². The fourth-order valence-corrected chi connectivity index (χ4v) is 4.78. The molecule has 3 unspecified atom stereocenters. The van der Waals surface area contributed by atoms with E-state index < -0.39 is 0 Å². The van der Waals surface area contributed by atoms with Gasteiger partial charge in [-0.15, -0.1) is 12.4 Å². The first-order valence-corrected chi connectivity index (χ1v) is 9.51. The zero-order chi connectivity index (χ0) is 16.7. The quantitative estimate of drug-likeness (QED) is 0.778. The number of piperidine rings is 1. The summed E-state index contributed by atoms with van der Waals surface area (Å²) < 4.78 is 0.884. The van der Waals surface area contributed by atoms with E-state index in [1.807, 2.05) is 24.3 Å². The van der Waals surface area contributed by atoms with Crippen LogP contribution in [-0.4, -0.2) is 36.5 Å². The van der Waals surface area contributed by atoms with E-state index in [4.69, 9.17) is 0 Å². The predicted octanol–water partition coefficient (Wildman–Crippen LogP) is 2.62. The van der Waals surface area contributed by atoms with Crippen LogP contribution in [0.15, 0.2) is 28.7 Å². The summed E-state index contributed by atoms with van der Waals surface area (Å²) in [5, 5.41) is 6.79. The molecule has 7 heteroatoms. The van der Waals surface area contributed by atoms with Gasteiger partial charge < -0.3 is 15.5 Å². The summed E-state index contributed by atoms with van der Waals surface area (Å²) in [6, 6.07) is 9.01. The molecule has 3 aliphatic rings. The molecule has 1 aromatic rings. The van der Waals surface area contributed by atoms with E-state index in [1.165, 1.54) is 12.8 Å². The Kier molecular flexibility index (Phi) is 5.71. The minimum absolute atomic E-state index is 0. The lowest BCUT2D eigenvalue weighted by Crippen LogP contribution is -2.49. The van der Waals surface area contributed by atoms with E-state index in [0.717, 1.165) is 23.0 Å². The zero-order valence-electron chi connectivity index (χ0n) is 13.9. The molecule has 4 rings (SSSR count). The van der Waals surface area contributed by atoms with E-state index >= 15 is 0 Å². The number of hydrogen-bond donors (Lipinski definition) is 2. The van der Waals surface area contributed by atoms with Gasteiger partial charge in [-0.25, -0.2) is 0 Å². The molecule has 0 radical (unpaired) electrons. The van der Waals surface area contributed by atoms with Crippen LogP contribution in [0.25, 0.3) is 0 Å². The summed E-state index contributed by atoms with van der Waals surface area (Å²) in [4.78, 5) is 26.7. The molecule has 0 aliphatic carbocycles. The zero-order valence-corrected chi connectivity index (χ0v) is 16.3. The highest BCUT2D eigenvalue weighted by Gasteiger charge is 2.38. The van der Waals surface area contributed by atoms with Crippen molar-refractivity contribution >= 4 is 45.8 Å². The lowest BCUT2D eigenvalue weighted by Gasteiger charge is -2.30. The first kappa shape index (κ1) is 18.7. The van der Waals surface area contributed by atoms with Gasteiger partial charge in [-0.05, 0) is 53.7 Å². The van der Waals surface area contributed by atoms with Crippen LogP contribution in [0.2, 0.25) is 0 Å². The Labute approximate surface area is 162 Å². The second-order valence-corrected chi connectivity index (χ2v) is 8.03. The molecule has 0 saturated carbocycles. The molecular formula is C18H23BrClN3O2. The number of hydrogen-bond acceptors (Lipinski definition) is 3. The Morgan fingerprint density at radius 1 is 1.20 bits per heavy atom. The van der Waals surface area contributed by atoms with Crippen LogP contribution in [-0.2, 0) is 9.59 Å². The molecule has 3 atom stereocenters. The number of halogens is 2. The Morgan fingerprint density at radius 3 is 2.56 bits per heavy atom. The maximum absolute atomic E-state index is 12.6. The lowest BCUT2D eigenvalue weighted by atomic mass is 9.98. The van der Waals surface area contributed by atoms with Gasteiger partial charge in [0.1, 0.15) is 0 Å². The average Bonchev–Trinajstić information content (AvgIpc) is 3.10. The summed E-state index contributed by atoms with van der Waals surface area (Å²) in [5.74, 6) is -0.200.